The molecule has 3 heterocycles. The first kappa shape index (κ1) is 20.8. The molecule has 2 aromatic carbocycles. The summed E-state index contributed by atoms with van der Waals surface area (Å²) in [6.45, 7) is 1.11. The average molecular weight is 447 g/mol. The largest absolute Gasteiger partial charge is 0.733 e. The van der Waals surface area contributed by atoms with Crippen molar-refractivity contribution in [2.75, 3.05) is 5.23 Å². The molecule has 0 fully saturated rings. The summed E-state index contributed by atoms with van der Waals surface area (Å²) in [6, 6.07) is 12.8. The van der Waals surface area contributed by atoms with E-state index in [4.69, 9.17) is 14.8 Å². The lowest BCUT2D eigenvalue weighted by atomic mass is 10.0. The van der Waals surface area contributed by atoms with E-state index in [2.05, 4.69) is 25.0 Å². The van der Waals surface area contributed by atoms with Crippen molar-refractivity contribution in [3.8, 4) is 11.4 Å². The van der Waals surface area contributed by atoms with Crippen molar-refractivity contribution >= 4 is 11.7 Å². The fraction of sp³-hybridized carbons (Fsp3) is 0.182. The monoisotopic (exact) mass is 447 g/mol. The smallest absolute Gasteiger partial charge is 0.335 e. The molecule has 0 unspecified atom stereocenters. The highest BCUT2D eigenvalue weighted by molar-refractivity contribution is 5.87. The van der Waals surface area contributed by atoms with Crippen LogP contribution in [0.5, 0.6) is 0 Å². The number of imidazole rings is 1. The van der Waals surface area contributed by atoms with E-state index >= 15 is 0 Å². The van der Waals surface area contributed by atoms with E-state index in [1.165, 1.54) is 12.1 Å². The predicted molar refractivity (Wildman–Crippen MR) is 115 cm³/mol. The molecule has 1 atom stereocenters. The van der Waals surface area contributed by atoms with Crippen LogP contribution in [0, 0.1) is 5.21 Å². The van der Waals surface area contributed by atoms with Crippen LogP contribution >= 0.6 is 0 Å². The fourth-order valence-electron chi connectivity index (χ4n) is 3.94. The molecule has 0 saturated carbocycles. The summed E-state index contributed by atoms with van der Waals surface area (Å²) < 4.78 is 5.60. The lowest BCUT2D eigenvalue weighted by Crippen LogP contribution is -2.34. The Morgan fingerprint density at radius 3 is 2.85 bits per heavy atom. The molecule has 1 aliphatic rings. The van der Waals surface area contributed by atoms with Crippen molar-refractivity contribution in [2.24, 2.45) is 0 Å². The highest BCUT2D eigenvalue weighted by Crippen LogP contribution is 2.33. The zero-order valence-electron chi connectivity index (χ0n) is 17.3. The molecule has 0 amide bonds. The van der Waals surface area contributed by atoms with Gasteiger partial charge in [0.25, 0.3) is 0 Å². The molecule has 3 N–H and O–H groups in total. The number of aromatic amines is 1. The van der Waals surface area contributed by atoms with Crippen LogP contribution in [0.15, 0.2) is 59.4 Å². The van der Waals surface area contributed by atoms with Crippen LogP contribution < -0.4 is 5.23 Å². The number of hydrogen-bond donors (Lipinski definition) is 3. The van der Waals surface area contributed by atoms with E-state index in [0.29, 0.717) is 36.8 Å². The molecule has 0 spiro atoms. The number of rotatable bonds is 6. The van der Waals surface area contributed by atoms with Crippen LogP contribution in [0.4, 0.5) is 5.69 Å². The third kappa shape index (κ3) is 4.20. The zero-order chi connectivity index (χ0) is 22.9. The Morgan fingerprint density at radius 2 is 2.09 bits per heavy atom. The van der Waals surface area contributed by atoms with Crippen molar-refractivity contribution in [1.29, 1.82) is 0 Å². The first-order valence-corrected chi connectivity index (χ1v) is 10.2. The van der Waals surface area contributed by atoms with Crippen LogP contribution in [-0.2, 0) is 19.5 Å². The first-order chi connectivity index (χ1) is 16.0. The Hall–Kier alpha value is -4.06. The van der Waals surface area contributed by atoms with Crippen molar-refractivity contribution in [2.45, 2.75) is 25.6 Å². The van der Waals surface area contributed by atoms with Gasteiger partial charge in [-0.2, -0.15) is 4.98 Å². The van der Waals surface area contributed by atoms with Gasteiger partial charge in [-0.1, -0.05) is 29.4 Å². The van der Waals surface area contributed by atoms with Gasteiger partial charge in [0.05, 0.1) is 35.0 Å². The van der Waals surface area contributed by atoms with Gasteiger partial charge < -0.3 is 25.0 Å². The molecule has 11 nitrogen and oxygen atoms in total. The van der Waals surface area contributed by atoms with Crippen molar-refractivity contribution in [3.63, 3.8) is 0 Å². The SMILES string of the molecule is O=C(O)c1ccc(CN2Cc3[nH]cnc3C[C@H]2c2nc(-c3cccc(N([O-])O)c3)no2)cc1. The van der Waals surface area contributed by atoms with E-state index in [1.807, 2.05) is 0 Å². The highest BCUT2D eigenvalue weighted by Gasteiger charge is 2.33. The molecule has 11 heteroatoms. The highest BCUT2D eigenvalue weighted by atomic mass is 16.8. The van der Waals surface area contributed by atoms with Crippen molar-refractivity contribution < 1.29 is 19.6 Å². The number of nitrogens with one attached hydrogen (secondary N) is 1. The summed E-state index contributed by atoms with van der Waals surface area (Å²) >= 11 is 0. The molecule has 4 aromatic rings. The quantitative estimate of drug-likeness (QED) is 0.375. The Kier molecular flexibility index (Phi) is 5.34. The Labute approximate surface area is 187 Å². The molecule has 2 aromatic heterocycles. The average Bonchev–Trinajstić information content (AvgIpc) is 3.48. The second-order valence-corrected chi connectivity index (χ2v) is 7.73. The Balaban J connectivity index is 1.44. The minimum Gasteiger partial charge on any atom is -0.733 e. The minimum absolute atomic E-state index is 0.0594. The van der Waals surface area contributed by atoms with Crippen molar-refractivity contribution in [1.82, 2.24) is 25.0 Å². The molecule has 0 radical (unpaired) electrons. The number of fused-ring (bicyclic) bond motifs is 1. The number of carboxylic acid groups (broad SMARTS) is 1. The van der Waals surface area contributed by atoms with Gasteiger partial charge in [-0.05, 0) is 29.8 Å². The number of hydrogen-bond acceptors (Lipinski definition) is 9. The molecule has 1 aliphatic heterocycles. The summed E-state index contributed by atoms with van der Waals surface area (Å²) in [7, 11) is 0. The molecular weight excluding hydrogens is 428 g/mol. The predicted octanol–water partition coefficient (Wildman–Crippen LogP) is 3.15. The van der Waals surface area contributed by atoms with E-state index in [-0.39, 0.29) is 22.5 Å². The van der Waals surface area contributed by atoms with E-state index < -0.39 is 5.97 Å². The number of H-pyrrole nitrogens is 1. The van der Waals surface area contributed by atoms with Crippen LogP contribution in [-0.4, -0.2) is 41.3 Å². The molecular formula is C22H19N6O5-. The van der Waals surface area contributed by atoms with Crippen LogP contribution in [0.1, 0.15) is 39.2 Å². The molecule has 0 bridgehead atoms. The van der Waals surface area contributed by atoms with Crippen LogP contribution in [0.25, 0.3) is 11.4 Å². The van der Waals surface area contributed by atoms with E-state index in [9.17, 15) is 10.0 Å². The zero-order valence-corrected chi connectivity index (χ0v) is 17.3. The maximum Gasteiger partial charge on any atom is 0.335 e. The molecule has 5 rings (SSSR count). The minimum atomic E-state index is -0.969. The van der Waals surface area contributed by atoms with Gasteiger partial charge in [0, 0.05) is 25.1 Å². The number of anilines is 1. The topological polar surface area (TPSA) is 155 Å². The van der Waals surface area contributed by atoms with Crippen molar-refractivity contribution in [3.05, 3.63) is 88.5 Å². The summed E-state index contributed by atoms with van der Waals surface area (Å²) in [6.07, 6.45) is 2.21. The molecule has 33 heavy (non-hydrogen) atoms. The summed E-state index contributed by atoms with van der Waals surface area (Å²) in [4.78, 5) is 25.4. The lowest BCUT2D eigenvalue weighted by Gasteiger charge is -2.32. The van der Waals surface area contributed by atoms with E-state index in [0.717, 1.165) is 17.0 Å². The standard InChI is InChI=1S/C22H19N6O5/c29-22(30)14-6-4-13(5-7-14)10-27-11-18-17(23-12-24-18)9-19(27)21-25-20(26-33-21)15-2-1-3-16(8-15)28(31)32/h1-8,12,19,31H,9-11H2,(H,23,24)(H,29,30)/q-1/t19-/m0/s1. The number of carbonyl (C=O) groups is 1. The lowest BCUT2D eigenvalue weighted by molar-refractivity contribution is 0.0697. The fourth-order valence-corrected chi connectivity index (χ4v) is 3.94. The van der Waals surface area contributed by atoms with Gasteiger partial charge in [0.2, 0.25) is 11.7 Å². The Bertz CT molecular complexity index is 1280. The van der Waals surface area contributed by atoms with E-state index in [1.54, 1.807) is 42.7 Å². The first-order valence-electron chi connectivity index (χ1n) is 10.2. The molecule has 0 aliphatic carbocycles. The Morgan fingerprint density at radius 1 is 1.27 bits per heavy atom. The number of nitrogens with zero attached hydrogens (tertiary/aromatic N) is 5. The maximum atomic E-state index is 11.2. The van der Waals surface area contributed by atoms with Crippen LogP contribution in [0.3, 0.4) is 0 Å². The third-order valence-electron chi connectivity index (χ3n) is 5.63. The van der Waals surface area contributed by atoms with Gasteiger partial charge in [0.15, 0.2) is 0 Å². The molecule has 168 valence electrons. The summed E-state index contributed by atoms with van der Waals surface area (Å²) in [5.74, 6) is -0.273. The number of carboxylic acids is 1. The van der Waals surface area contributed by atoms with Crippen LogP contribution in [0.2, 0.25) is 0 Å². The maximum absolute atomic E-state index is 11.2. The second kappa shape index (κ2) is 8.47. The third-order valence-corrected chi connectivity index (χ3v) is 5.63. The van der Waals surface area contributed by atoms with Gasteiger partial charge in [0.1, 0.15) is 0 Å². The second-order valence-electron chi connectivity index (χ2n) is 7.73. The normalized spacial score (nSPS) is 15.9. The summed E-state index contributed by atoms with van der Waals surface area (Å²) in [5, 5.41) is 33.4. The van der Waals surface area contributed by atoms with Gasteiger partial charge in [-0.25, -0.2) is 9.78 Å². The number of aromatic nitrogens is 4. The number of benzene rings is 2. The number of aromatic carboxylic acids is 1. The van der Waals surface area contributed by atoms with Gasteiger partial charge in [-0.15, -0.1) is 0 Å². The van der Waals surface area contributed by atoms with Gasteiger partial charge in [-0.3, -0.25) is 10.1 Å². The summed E-state index contributed by atoms with van der Waals surface area (Å²) in [5.41, 5.74) is 3.68. The molecule has 0 saturated heterocycles. The van der Waals surface area contributed by atoms with Gasteiger partial charge >= 0.3 is 5.97 Å².